The normalized spacial score (nSPS) is 23.4. The maximum absolute atomic E-state index is 14.1. The fraction of sp³-hybridized carbons (Fsp3) is 0.517. The van der Waals surface area contributed by atoms with E-state index in [9.17, 15) is 26.0 Å². The lowest BCUT2D eigenvalue weighted by atomic mass is 9.79. The summed E-state index contributed by atoms with van der Waals surface area (Å²) in [6.45, 7) is 6.75. The molecule has 2 aromatic heterocycles. The van der Waals surface area contributed by atoms with Crippen molar-refractivity contribution in [3.63, 3.8) is 0 Å². The molecule has 216 valence electrons. The molecule has 0 spiro atoms. The molecule has 1 saturated heterocycles. The average molecular weight is 579 g/mol. The van der Waals surface area contributed by atoms with Crippen LogP contribution in [0.4, 0.5) is 17.6 Å². The number of nitrogens with zero attached hydrogens (tertiary/aromatic N) is 4. The van der Waals surface area contributed by atoms with Crippen LogP contribution in [0.3, 0.4) is 0 Å². The van der Waals surface area contributed by atoms with E-state index in [2.05, 4.69) is 32.7 Å². The summed E-state index contributed by atoms with van der Waals surface area (Å²) in [5, 5.41) is 4.59. The van der Waals surface area contributed by atoms with E-state index in [1.807, 2.05) is 6.92 Å². The number of hydrogen-bond donors (Lipinski definition) is 0. The second-order valence-electron chi connectivity index (χ2n) is 10.9. The fourth-order valence-electron chi connectivity index (χ4n) is 6.54. The molecule has 0 bridgehead atoms. The van der Waals surface area contributed by atoms with E-state index >= 15 is 0 Å². The number of likely N-dealkylation sites (tertiary alicyclic amines) is 1. The number of pyridine rings is 1. The van der Waals surface area contributed by atoms with Crippen molar-refractivity contribution < 1.29 is 26.0 Å². The third-order valence-electron chi connectivity index (χ3n) is 8.68. The number of alkyl halides is 3. The topological polar surface area (TPSA) is 68.1 Å². The third-order valence-corrected chi connectivity index (χ3v) is 11.2. The SMILES string of the molecule is CCn1nc(C)cc1C1CCN(C2CCC(c3ccc(F)cc3)(S(=O)(=O)c3ccc(C(F)(F)F)nc3)CC2)CC1. The Morgan fingerprint density at radius 3 is 2.20 bits per heavy atom. The Kier molecular flexibility index (Phi) is 7.82. The van der Waals surface area contributed by atoms with Crippen LogP contribution in [0.1, 0.15) is 74.0 Å². The van der Waals surface area contributed by atoms with Crippen LogP contribution in [0.5, 0.6) is 0 Å². The van der Waals surface area contributed by atoms with Gasteiger partial charge in [0.2, 0.25) is 0 Å². The number of piperidine rings is 1. The lowest BCUT2D eigenvalue weighted by molar-refractivity contribution is -0.141. The van der Waals surface area contributed by atoms with Crippen molar-refractivity contribution in [2.75, 3.05) is 13.1 Å². The Morgan fingerprint density at radius 2 is 1.65 bits per heavy atom. The lowest BCUT2D eigenvalue weighted by Gasteiger charge is -2.45. The molecule has 6 nitrogen and oxygen atoms in total. The Morgan fingerprint density at radius 1 is 1.00 bits per heavy atom. The molecule has 0 atom stereocenters. The molecular formula is C29H34F4N4O2S. The highest BCUT2D eigenvalue weighted by Crippen LogP contribution is 2.48. The van der Waals surface area contributed by atoms with Crippen LogP contribution in [0, 0.1) is 12.7 Å². The number of hydrogen-bond acceptors (Lipinski definition) is 5. The van der Waals surface area contributed by atoms with Crippen LogP contribution >= 0.6 is 0 Å². The van der Waals surface area contributed by atoms with E-state index in [0.29, 0.717) is 30.4 Å². The number of benzene rings is 1. The summed E-state index contributed by atoms with van der Waals surface area (Å²) in [5.41, 5.74) is 1.60. The highest BCUT2D eigenvalue weighted by molar-refractivity contribution is 7.92. The average Bonchev–Trinajstić information content (AvgIpc) is 3.34. The second kappa shape index (κ2) is 10.9. The van der Waals surface area contributed by atoms with Gasteiger partial charge < -0.3 is 4.90 Å². The fourth-order valence-corrected chi connectivity index (χ4v) is 8.65. The van der Waals surface area contributed by atoms with Gasteiger partial charge in [0.15, 0.2) is 9.84 Å². The van der Waals surface area contributed by atoms with E-state index in [1.165, 1.54) is 30.0 Å². The van der Waals surface area contributed by atoms with Gasteiger partial charge in [-0.05, 0) is 101 Å². The summed E-state index contributed by atoms with van der Waals surface area (Å²) in [4.78, 5) is 5.59. The number of rotatable bonds is 6. The van der Waals surface area contributed by atoms with E-state index < -0.39 is 32.3 Å². The summed E-state index contributed by atoms with van der Waals surface area (Å²) < 4.78 is 81.8. The first-order chi connectivity index (χ1) is 18.9. The molecule has 3 heterocycles. The second-order valence-corrected chi connectivity index (χ2v) is 13.2. The number of aryl methyl sites for hydroxylation is 2. The highest BCUT2D eigenvalue weighted by atomic mass is 32.2. The Bertz CT molecular complexity index is 1420. The highest BCUT2D eigenvalue weighted by Gasteiger charge is 2.49. The predicted molar refractivity (Wildman–Crippen MR) is 143 cm³/mol. The van der Waals surface area contributed by atoms with Gasteiger partial charge in [-0.2, -0.15) is 18.3 Å². The van der Waals surface area contributed by atoms with Gasteiger partial charge >= 0.3 is 6.18 Å². The van der Waals surface area contributed by atoms with Gasteiger partial charge in [0.25, 0.3) is 0 Å². The molecule has 11 heteroatoms. The molecule has 1 aromatic carbocycles. The van der Waals surface area contributed by atoms with Gasteiger partial charge in [-0.3, -0.25) is 9.67 Å². The van der Waals surface area contributed by atoms with Gasteiger partial charge in [-0.1, -0.05) is 12.1 Å². The van der Waals surface area contributed by atoms with Gasteiger partial charge in [-0.15, -0.1) is 0 Å². The summed E-state index contributed by atoms with van der Waals surface area (Å²) >= 11 is 0. The zero-order chi connectivity index (χ0) is 28.7. The summed E-state index contributed by atoms with van der Waals surface area (Å²) in [6, 6.07) is 9.48. The lowest BCUT2D eigenvalue weighted by Crippen LogP contribution is -2.48. The minimum absolute atomic E-state index is 0.202. The van der Waals surface area contributed by atoms with Gasteiger partial charge in [0, 0.05) is 30.4 Å². The van der Waals surface area contributed by atoms with Crippen LogP contribution in [-0.4, -0.2) is 47.2 Å². The van der Waals surface area contributed by atoms with Crippen molar-refractivity contribution in [2.45, 2.75) is 86.7 Å². The third kappa shape index (κ3) is 5.30. The zero-order valence-electron chi connectivity index (χ0n) is 22.7. The van der Waals surface area contributed by atoms with Crippen molar-refractivity contribution in [3.05, 3.63) is 77.1 Å². The Labute approximate surface area is 232 Å². The molecule has 40 heavy (non-hydrogen) atoms. The van der Waals surface area contributed by atoms with Crippen molar-refractivity contribution in [3.8, 4) is 0 Å². The van der Waals surface area contributed by atoms with Crippen molar-refractivity contribution >= 4 is 9.84 Å². The minimum Gasteiger partial charge on any atom is -0.300 e. The standard InChI is InChI=1S/C29H34F4N4O2S/c1-3-37-26(18-20(2)35-37)21-12-16-36(17-13-21)24-10-14-28(15-11-24,22-4-6-23(30)7-5-22)40(38,39)25-8-9-27(34-19-25)29(31,32)33/h4-9,18-19,21,24H,3,10-17H2,1-2H3. The molecule has 1 aliphatic heterocycles. The van der Waals surface area contributed by atoms with Crippen molar-refractivity contribution in [1.29, 1.82) is 0 Å². The Balaban J connectivity index is 1.35. The monoisotopic (exact) mass is 578 g/mol. The maximum Gasteiger partial charge on any atom is 0.433 e. The van der Waals surface area contributed by atoms with Gasteiger partial charge in [-0.25, -0.2) is 12.8 Å². The first-order valence-corrected chi connectivity index (χ1v) is 15.3. The summed E-state index contributed by atoms with van der Waals surface area (Å²) in [7, 11) is -4.14. The first kappa shape index (κ1) is 28.7. The molecular weight excluding hydrogens is 544 g/mol. The van der Waals surface area contributed by atoms with E-state index in [1.54, 1.807) is 0 Å². The Hall–Kier alpha value is -2.79. The largest absolute Gasteiger partial charge is 0.433 e. The molecule has 1 aliphatic carbocycles. The number of sulfone groups is 1. The van der Waals surface area contributed by atoms with E-state index in [4.69, 9.17) is 0 Å². The minimum atomic E-state index is -4.67. The van der Waals surface area contributed by atoms with E-state index in [-0.39, 0.29) is 23.8 Å². The van der Waals surface area contributed by atoms with Crippen molar-refractivity contribution in [2.24, 2.45) is 0 Å². The van der Waals surface area contributed by atoms with Crippen LogP contribution < -0.4 is 0 Å². The number of aromatic nitrogens is 3. The first-order valence-electron chi connectivity index (χ1n) is 13.8. The van der Waals surface area contributed by atoms with Gasteiger partial charge in [0.1, 0.15) is 16.3 Å². The van der Waals surface area contributed by atoms with Crippen LogP contribution in [0.2, 0.25) is 0 Å². The molecule has 0 radical (unpaired) electrons. The van der Waals surface area contributed by atoms with Gasteiger partial charge in [0.05, 0.1) is 10.6 Å². The summed E-state index contributed by atoms with van der Waals surface area (Å²) in [5.74, 6) is -0.0458. The predicted octanol–water partition coefficient (Wildman–Crippen LogP) is 6.26. The molecule has 0 amide bonds. The molecule has 0 unspecified atom stereocenters. The smallest absolute Gasteiger partial charge is 0.300 e. The molecule has 5 rings (SSSR count). The maximum atomic E-state index is 14.1. The quantitative estimate of drug-likeness (QED) is 0.323. The number of halogens is 4. The summed E-state index contributed by atoms with van der Waals surface area (Å²) in [6.07, 6.45) is -0.0770. The molecule has 2 aliphatic rings. The molecule has 1 saturated carbocycles. The van der Waals surface area contributed by atoms with Crippen LogP contribution in [-0.2, 0) is 27.3 Å². The molecule has 0 N–H and O–H groups in total. The molecule has 2 fully saturated rings. The van der Waals surface area contributed by atoms with Crippen molar-refractivity contribution in [1.82, 2.24) is 19.7 Å². The van der Waals surface area contributed by atoms with E-state index in [0.717, 1.165) is 50.4 Å². The zero-order valence-corrected chi connectivity index (χ0v) is 23.5. The van der Waals surface area contributed by atoms with Crippen LogP contribution in [0.25, 0.3) is 0 Å². The molecule has 3 aromatic rings. The van der Waals surface area contributed by atoms with Crippen LogP contribution in [0.15, 0.2) is 53.6 Å².